The minimum absolute atomic E-state index is 0.00255. The lowest BCUT2D eigenvalue weighted by Gasteiger charge is -2.24. The quantitative estimate of drug-likeness (QED) is 0.509. The predicted octanol–water partition coefficient (Wildman–Crippen LogP) is 4.11. The Morgan fingerprint density at radius 2 is 1.88 bits per heavy atom. The lowest BCUT2D eigenvalue weighted by Crippen LogP contribution is -2.43. The fourth-order valence-electron chi connectivity index (χ4n) is 3.88. The summed E-state index contributed by atoms with van der Waals surface area (Å²) in [5.74, 6) is -0.108. The van der Waals surface area contributed by atoms with E-state index in [2.05, 4.69) is 10.0 Å². The van der Waals surface area contributed by atoms with E-state index in [1.807, 2.05) is 5.38 Å². The average Bonchev–Trinajstić information content (AvgIpc) is 3.52. The Kier molecular flexibility index (Phi) is 6.90. The Morgan fingerprint density at radius 3 is 2.62 bits per heavy atom. The van der Waals surface area contributed by atoms with Crippen molar-refractivity contribution in [3.8, 4) is 5.75 Å². The Hall–Kier alpha value is -3.37. The predicted molar refractivity (Wildman–Crippen MR) is 132 cm³/mol. The third-order valence-electron chi connectivity index (χ3n) is 5.68. The molecule has 2 heterocycles. The van der Waals surface area contributed by atoms with E-state index in [1.165, 1.54) is 30.6 Å². The van der Waals surface area contributed by atoms with Crippen LogP contribution in [0.2, 0.25) is 0 Å². The van der Waals surface area contributed by atoms with Crippen molar-refractivity contribution in [2.24, 2.45) is 0 Å². The molecule has 1 saturated heterocycles. The highest BCUT2D eigenvalue weighted by molar-refractivity contribution is 7.92. The molecule has 0 radical (unpaired) electrons. The van der Waals surface area contributed by atoms with Gasteiger partial charge in [-0.25, -0.2) is 8.42 Å². The van der Waals surface area contributed by atoms with Crippen LogP contribution in [-0.2, 0) is 14.8 Å². The van der Waals surface area contributed by atoms with Gasteiger partial charge in [-0.1, -0.05) is 24.3 Å². The van der Waals surface area contributed by atoms with E-state index in [9.17, 15) is 18.0 Å². The number of thiophene rings is 1. The number of rotatable bonds is 7. The van der Waals surface area contributed by atoms with Crippen LogP contribution in [0.3, 0.4) is 0 Å². The van der Waals surface area contributed by atoms with Crippen molar-refractivity contribution in [3.05, 3.63) is 70.4 Å². The van der Waals surface area contributed by atoms with Crippen LogP contribution in [0.15, 0.2) is 64.9 Å². The molecule has 0 aliphatic carbocycles. The van der Waals surface area contributed by atoms with Gasteiger partial charge in [0.25, 0.3) is 15.9 Å². The first-order valence-electron chi connectivity index (χ1n) is 10.7. The summed E-state index contributed by atoms with van der Waals surface area (Å²) in [5, 5.41) is 4.66. The number of hydrogen-bond donors (Lipinski definition) is 2. The van der Waals surface area contributed by atoms with Crippen LogP contribution in [0.1, 0.15) is 28.1 Å². The molecular formula is C24H25N3O5S2. The molecule has 8 nitrogen and oxygen atoms in total. The van der Waals surface area contributed by atoms with E-state index in [1.54, 1.807) is 54.3 Å². The topological polar surface area (TPSA) is 105 Å². The average molecular weight is 500 g/mol. The normalized spacial score (nSPS) is 15.7. The van der Waals surface area contributed by atoms with Gasteiger partial charge in [0.05, 0.1) is 22.6 Å². The molecule has 1 aliphatic rings. The van der Waals surface area contributed by atoms with E-state index in [0.717, 1.165) is 6.42 Å². The number of amides is 2. The molecular weight excluding hydrogens is 474 g/mol. The molecule has 2 amide bonds. The van der Waals surface area contributed by atoms with Crippen LogP contribution in [0.5, 0.6) is 5.75 Å². The van der Waals surface area contributed by atoms with Gasteiger partial charge in [-0.3, -0.25) is 14.3 Å². The summed E-state index contributed by atoms with van der Waals surface area (Å²) < 4.78 is 33.8. The number of anilines is 2. The van der Waals surface area contributed by atoms with Gasteiger partial charge in [-0.15, -0.1) is 11.3 Å². The summed E-state index contributed by atoms with van der Waals surface area (Å²) in [6.07, 6.45) is 1.28. The highest BCUT2D eigenvalue weighted by Crippen LogP contribution is 2.29. The Morgan fingerprint density at radius 1 is 1.09 bits per heavy atom. The fraction of sp³-hybridized carbons (Fsp3) is 0.250. The molecule has 1 aromatic heterocycles. The zero-order valence-electron chi connectivity index (χ0n) is 18.8. The third kappa shape index (κ3) is 4.92. The molecule has 0 spiro atoms. The second-order valence-corrected chi connectivity index (χ2v) is 10.5. The van der Waals surface area contributed by atoms with Crippen LogP contribution < -0.4 is 14.8 Å². The summed E-state index contributed by atoms with van der Waals surface area (Å²) in [5.41, 5.74) is 1.40. The number of likely N-dealkylation sites (tertiary alicyclic amines) is 1. The number of carbonyl (C=O) groups is 2. The minimum Gasteiger partial charge on any atom is -0.495 e. The van der Waals surface area contributed by atoms with Gasteiger partial charge in [-0.05, 0) is 61.0 Å². The maximum absolute atomic E-state index is 13.1. The van der Waals surface area contributed by atoms with Crippen molar-refractivity contribution < 1.29 is 22.7 Å². The zero-order chi connectivity index (χ0) is 24.3. The third-order valence-corrected chi connectivity index (χ3v) is 7.90. The first-order valence-corrected chi connectivity index (χ1v) is 13.1. The Labute approximate surface area is 202 Å². The van der Waals surface area contributed by atoms with Crippen LogP contribution in [-0.4, -0.2) is 44.8 Å². The van der Waals surface area contributed by atoms with Crippen molar-refractivity contribution >= 4 is 44.5 Å². The number of benzene rings is 2. The van der Waals surface area contributed by atoms with Crippen LogP contribution in [0.25, 0.3) is 0 Å². The highest BCUT2D eigenvalue weighted by Gasteiger charge is 2.35. The molecule has 1 fully saturated rings. The van der Waals surface area contributed by atoms with Crippen molar-refractivity contribution in [1.29, 1.82) is 0 Å². The maximum Gasteiger partial charge on any atom is 0.264 e. The zero-order valence-corrected chi connectivity index (χ0v) is 20.4. The molecule has 0 saturated carbocycles. The SMILES string of the molecule is COc1ccccc1NS(=O)(=O)c1ccc(C)c(NC(=O)C2CCCN2C(=O)c2cccs2)c1. The van der Waals surface area contributed by atoms with Gasteiger partial charge in [-0.2, -0.15) is 0 Å². The van der Waals surface area contributed by atoms with Crippen LogP contribution >= 0.6 is 11.3 Å². The standard InChI is InChI=1S/C24H25N3O5S2/c1-16-11-12-17(34(30,31)26-18-7-3-4-9-21(18)32-2)15-19(16)25-23(28)20-8-5-13-27(20)24(29)22-10-6-14-33-22/h3-4,6-7,9-12,14-15,20,26H,5,8,13H2,1-2H3,(H,25,28). The number of sulfonamides is 1. The molecule has 10 heteroatoms. The van der Waals surface area contributed by atoms with Crippen molar-refractivity contribution in [3.63, 3.8) is 0 Å². The molecule has 3 aromatic rings. The molecule has 1 unspecified atom stereocenters. The summed E-state index contributed by atoms with van der Waals surface area (Å²) in [7, 11) is -2.48. The molecule has 0 bridgehead atoms. The first kappa shape index (κ1) is 23.8. The van der Waals surface area contributed by atoms with E-state index < -0.39 is 16.1 Å². The van der Waals surface area contributed by atoms with Crippen LogP contribution in [0, 0.1) is 6.92 Å². The summed E-state index contributed by atoms with van der Waals surface area (Å²) in [6.45, 7) is 2.29. The van der Waals surface area contributed by atoms with Crippen molar-refractivity contribution in [2.75, 3.05) is 23.7 Å². The number of hydrogen-bond acceptors (Lipinski definition) is 6. The molecule has 2 N–H and O–H groups in total. The van der Waals surface area contributed by atoms with E-state index >= 15 is 0 Å². The largest absolute Gasteiger partial charge is 0.495 e. The molecule has 178 valence electrons. The molecule has 34 heavy (non-hydrogen) atoms. The second-order valence-electron chi connectivity index (χ2n) is 7.91. The second kappa shape index (κ2) is 9.86. The fourth-order valence-corrected chi connectivity index (χ4v) is 5.65. The first-order chi connectivity index (χ1) is 16.3. The van der Waals surface area contributed by atoms with Gasteiger partial charge in [0, 0.05) is 12.2 Å². The lowest BCUT2D eigenvalue weighted by atomic mass is 10.1. The summed E-state index contributed by atoms with van der Waals surface area (Å²) in [4.78, 5) is 28.1. The van der Waals surface area contributed by atoms with Gasteiger partial charge < -0.3 is 15.0 Å². The molecule has 1 aliphatic heterocycles. The number of nitrogens with zero attached hydrogens (tertiary/aromatic N) is 1. The number of ether oxygens (including phenoxy) is 1. The number of aryl methyl sites for hydroxylation is 1. The van der Waals surface area contributed by atoms with Gasteiger partial charge in [0.1, 0.15) is 11.8 Å². The van der Waals surface area contributed by atoms with Crippen molar-refractivity contribution in [2.45, 2.75) is 30.7 Å². The van der Waals surface area contributed by atoms with E-state index in [-0.39, 0.29) is 16.7 Å². The number of para-hydroxylation sites is 2. The Balaban J connectivity index is 1.54. The number of nitrogens with one attached hydrogen (secondary N) is 2. The molecule has 1 atom stereocenters. The van der Waals surface area contributed by atoms with Crippen LogP contribution in [0.4, 0.5) is 11.4 Å². The molecule has 4 rings (SSSR count). The van der Waals surface area contributed by atoms with E-state index in [0.29, 0.717) is 40.5 Å². The maximum atomic E-state index is 13.1. The number of methoxy groups -OCH3 is 1. The summed E-state index contributed by atoms with van der Waals surface area (Å²) >= 11 is 1.34. The Bertz CT molecular complexity index is 1310. The summed E-state index contributed by atoms with van der Waals surface area (Å²) in [6, 6.07) is 14.2. The van der Waals surface area contributed by atoms with Gasteiger partial charge in [0.15, 0.2) is 0 Å². The van der Waals surface area contributed by atoms with E-state index in [4.69, 9.17) is 4.74 Å². The van der Waals surface area contributed by atoms with Crippen molar-refractivity contribution in [1.82, 2.24) is 4.90 Å². The lowest BCUT2D eigenvalue weighted by molar-refractivity contribution is -0.119. The van der Waals surface area contributed by atoms with Gasteiger partial charge >= 0.3 is 0 Å². The van der Waals surface area contributed by atoms with Gasteiger partial charge in [0.2, 0.25) is 5.91 Å². The minimum atomic E-state index is -3.94. The monoisotopic (exact) mass is 499 g/mol. The highest BCUT2D eigenvalue weighted by atomic mass is 32.2. The number of carbonyl (C=O) groups excluding carboxylic acids is 2. The smallest absolute Gasteiger partial charge is 0.264 e. The molecule has 2 aromatic carbocycles.